The van der Waals surface area contributed by atoms with E-state index in [9.17, 15) is 19.3 Å². The fourth-order valence-corrected chi connectivity index (χ4v) is 11.0. The molecule has 0 radical (unpaired) electrons. The lowest BCUT2D eigenvalue weighted by atomic mass is 9.80. The second-order valence-electron chi connectivity index (χ2n) is 13.6. The van der Waals surface area contributed by atoms with Gasteiger partial charge in [-0.25, -0.2) is 18.0 Å². The summed E-state index contributed by atoms with van der Waals surface area (Å²) in [6, 6.07) is 10.2. The van der Waals surface area contributed by atoms with Crippen molar-refractivity contribution in [1.29, 1.82) is 0 Å². The molecule has 12 nitrogen and oxygen atoms in total. The Bertz CT molecular complexity index is 2280. The van der Waals surface area contributed by atoms with Gasteiger partial charge in [-0.05, 0) is 53.5 Å². The molecule has 2 aliphatic heterocycles. The SMILES string of the molecule is CCO[P+](O)(NC1(C(=O)OC)CC1)Oc1c2n(ccc1=O)N(C1c3ccccc3-c3scc4c3-c3c1ccc(F)c3C(F)(F)C4)C1COCCN1C2=O. The maximum Gasteiger partial charge on any atom is 0.545 e. The Morgan fingerprint density at radius 3 is 2.68 bits per heavy atom. The number of pyridine rings is 1. The van der Waals surface area contributed by atoms with E-state index in [4.69, 9.17) is 18.5 Å². The van der Waals surface area contributed by atoms with E-state index in [0.717, 1.165) is 17.7 Å². The molecule has 1 amide bonds. The minimum Gasteiger partial charge on any atom is -0.468 e. The predicted molar refractivity (Wildman–Crippen MR) is 188 cm³/mol. The van der Waals surface area contributed by atoms with Crippen LogP contribution in [-0.2, 0) is 31.1 Å². The van der Waals surface area contributed by atoms with Gasteiger partial charge in [0.2, 0.25) is 5.43 Å². The molecule has 9 rings (SSSR count). The largest absolute Gasteiger partial charge is 0.545 e. The van der Waals surface area contributed by atoms with E-state index in [1.54, 1.807) is 17.3 Å². The number of ether oxygens (including phenoxy) is 2. The number of fused-ring (bicyclic) bond motifs is 4. The lowest BCUT2D eigenvalue weighted by Gasteiger charge is -2.51. The van der Waals surface area contributed by atoms with Gasteiger partial charge >= 0.3 is 14.1 Å². The summed E-state index contributed by atoms with van der Waals surface area (Å²) in [6.07, 6.45) is 0.522. The highest BCUT2D eigenvalue weighted by molar-refractivity contribution is 7.59. The normalized spacial score (nSPS) is 22.4. The number of nitrogens with zero attached hydrogens (tertiary/aromatic N) is 3. The van der Waals surface area contributed by atoms with Crippen LogP contribution in [0.4, 0.5) is 13.2 Å². The number of thiophene rings is 1. The maximum absolute atomic E-state index is 16.0. The number of methoxy groups -OCH3 is 1. The zero-order valence-electron chi connectivity index (χ0n) is 28.4. The molecule has 2 aromatic carbocycles. The first-order chi connectivity index (χ1) is 25.4. The Morgan fingerprint density at radius 1 is 1.13 bits per heavy atom. The van der Waals surface area contributed by atoms with E-state index in [2.05, 4.69) is 5.09 Å². The van der Waals surface area contributed by atoms with E-state index in [1.165, 1.54) is 40.3 Å². The van der Waals surface area contributed by atoms with Gasteiger partial charge in [-0.15, -0.1) is 11.3 Å². The summed E-state index contributed by atoms with van der Waals surface area (Å²) in [5.74, 6) is -6.34. The Balaban J connectivity index is 1.28. The summed E-state index contributed by atoms with van der Waals surface area (Å²) < 4.78 is 71.7. The molecule has 2 N–H and O–H groups in total. The van der Waals surface area contributed by atoms with E-state index < -0.39 is 72.6 Å². The van der Waals surface area contributed by atoms with Crippen molar-refractivity contribution in [2.45, 2.75) is 49.9 Å². The number of hydrogen-bond acceptors (Lipinski definition) is 11. The van der Waals surface area contributed by atoms with Gasteiger partial charge in [0.05, 0.1) is 38.5 Å². The molecule has 1 saturated heterocycles. The highest BCUT2D eigenvalue weighted by Gasteiger charge is 2.63. The number of benzene rings is 2. The van der Waals surface area contributed by atoms with E-state index in [1.807, 2.05) is 24.3 Å². The van der Waals surface area contributed by atoms with Gasteiger partial charge in [0.15, 0.2) is 11.2 Å². The number of esters is 1. The molecule has 0 spiro atoms. The molecule has 17 heteroatoms. The molecule has 0 bridgehead atoms. The number of alkyl halides is 2. The van der Waals surface area contributed by atoms with Crippen molar-refractivity contribution in [2.24, 2.45) is 0 Å². The Hall–Kier alpha value is -4.31. The van der Waals surface area contributed by atoms with Crippen molar-refractivity contribution in [2.75, 3.05) is 38.5 Å². The molecular formula is C36H33F3N4O8PS+. The number of amides is 1. The Morgan fingerprint density at radius 2 is 1.92 bits per heavy atom. The topological polar surface area (TPSA) is 132 Å². The fourth-order valence-electron chi connectivity index (χ4n) is 8.11. The molecule has 3 aliphatic carbocycles. The average Bonchev–Trinajstić information content (AvgIpc) is 3.82. The molecule has 276 valence electrons. The fraction of sp³-hybridized carbons (Fsp3) is 0.361. The summed E-state index contributed by atoms with van der Waals surface area (Å²) in [4.78, 5) is 55.0. The van der Waals surface area contributed by atoms with Crippen LogP contribution in [0.2, 0.25) is 0 Å². The van der Waals surface area contributed by atoms with E-state index >= 15 is 13.2 Å². The van der Waals surface area contributed by atoms with Gasteiger partial charge in [0.25, 0.3) is 17.6 Å². The number of aromatic nitrogens is 1. The quantitative estimate of drug-likeness (QED) is 0.181. The van der Waals surface area contributed by atoms with E-state index in [0.29, 0.717) is 40.0 Å². The van der Waals surface area contributed by atoms with Gasteiger partial charge in [-0.3, -0.25) is 23.8 Å². The number of hydrogen-bond donors (Lipinski definition) is 2. The standard InChI is InChI=1S/C36H33F3N4O8PS/c1-3-50-52(47,40-35(11-12-35)34(46)48-2)51-31-24(44)10-13-42-30(31)33(45)41-14-15-49-17-25(41)43(42)29-20-6-4-5-7-21(20)32-26-19(18-53-32)16-36(38,39)28-23(37)9-8-22(29)27(26)28/h4-10,13,18,25,29,40,47H,3,11-12,14-17H2,1-2H3/q+1. The van der Waals surface area contributed by atoms with Gasteiger partial charge in [-0.1, -0.05) is 35.4 Å². The van der Waals surface area contributed by atoms with Gasteiger partial charge < -0.3 is 14.4 Å². The minimum atomic E-state index is -4.28. The maximum atomic E-state index is 16.0. The van der Waals surface area contributed by atoms with Crippen LogP contribution in [0.25, 0.3) is 21.6 Å². The first kappa shape index (κ1) is 34.5. The third-order valence-corrected chi connectivity index (χ3v) is 13.3. The lowest BCUT2D eigenvalue weighted by Crippen LogP contribution is -2.66. The molecular weight excluding hydrogens is 736 g/mol. The third-order valence-electron chi connectivity index (χ3n) is 10.5. The summed E-state index contributed by atoms with van der Waals surface area (Å²) in [6.45, 7) is 1.79. The number of carbonyl (C=O) groups is 2. The highest BCUT2D eigenvalue weighted by atomic mass is 32.1. The average molecular weight is 770 g/mol. The molecule has 3 atom stereocenters. The molecule has 5 aliphatic rings. The van der Waals surface area contributed by atoms with Crippen LogP contribution in [-0.4, -0.2) is 71.5 Å². The predicted octanol–water partition coefficient (Wildman–Crippen LogP) is 5.26. The second-order valence-corrected chi connectivity index (χ2v) is 16.2. The zero-order valence-corrected chi connectivity index (χ0v) is 30.1. The molecule has 53 heavy (non-hydrogen) atoms. The number of morpholine rings is 1. The number of nitrogens with one attached hydrogen (secondary N) is 1. The van der Waals surface area contributed by atoms with Crippen molar-refractivity contribution in [1.82, 2.24) is 14.7 Å². The molecule has 3 unspecified atom stereocenters. The third kappa shape index (κ3) is 5.10. The summed E-state index contributed by atoms with van der Waals surface area (Å²) in [5.41, 5.74) is -0.180. The first-order valence-electron chi connectivity index (χ1n) is 17.1. The van der Waals surface area contributed by atoms with Crippen LogP contribution < -0.4 is 20.0 Å². The van der Waals surface area contributed by atoms with Crippen LogP contribution in [0.5, 0.6) is 5.75 Å². The van der Waals surface area contributed by atoms with Crippen molar-refractivity contribution >= 4 is 31.3 Å². The first-order valence-corrected chi connectivity index (χ1v) is 19.5. The van der Waals surface area contributed by atoms with Crippen molar-refractivity contribution < 1.29 is 46.2 Å². The minimum absolute atomic E-state index is 0.0117. The van der Waals surface area contributed by atoms with Gasteiger partial charge in [0, 0.05) is 41.2 Å². The van der Waals surface area contributed by atoms with Crippen molar-refractivity contribution in [3.8, 4) is 27.3 Å². The number of halogens is 3. The Labute approximate surface area is 305 Å². The van der Waals surface area contributed by atoms with Gasteiger partial charge in [0.1, 0.15) is 12.0 Å². The molecule has 4 aromatic rings. The van der Waals surface area contributed by atoms with Gasteiger partial charge in [-0.2, -0.15) is 9.42 Å². The summed E-state index contributed by atoms with van der Waals surface area (Å²) >= 11 is 1.31. The zero-order chi connectivity index (χ0) is 37.0. The smallest absolute Gasteiger partial charge is 0.468 e. The number of carbonyl (C=O) groups excluding carboxylic acids is 2. The monoisotopic (exact) mass is 769 g/mol. The van der Waals surface area contributed by atoms with Crippen molar-refractivity contribution in [3.63, 3.8) is 0 Å². The van der Waals surface area contributed by atoms with Crippen molar-refractivity contribution in [3.05, 3.63) is 98.0 Å². The van der Waals surface area contributed by atoms with Crippen LogP contribution in [0.15, 0.2) is 58.8 Å². The summed E-state index contributed by atoms with van der Waals surface area (Å²) in [7, 11) is -3.07. The van der Waals surface area contributed by atoms with Crippen LogP contribution in [0, 0.1) is 5.82 Å². The molecule has 1 saturated carbocycles. The lowest BCUT2D eigenvalue weighted by molar-refractivity contribution is -0.144. The van der Waals surface area contributed by atoms with Crippen LogP contribution in [0.1, 0.15) is 58.5 Å². The Kier molecular flexibility index (Phi) is 7.87. The second kappa shape index (κ2) is 12.1. The highest BCUT2D eigenvalue weighted by Crippen LogP contribution is 2.60. The molecule has 2 fully saturated rings. The summed E-state index contributed by atoms with van der Waals surface area (Å²) in [5, 5.41) is 6.24. The molecule has 2 aromatic heterocycles. The molecule has 4 heterocycles. The van der Waals surface area contributed by atoms with Crippen LogP contribution in [0.3, 0.4) is 0 Å². The number of rotatable bonds is 8. The van der Waals surface area contributed by atoms with Crippen LogP contribution >= 0.6 is 19.4 Å². The van der Waals surface area contributed by atoms with E-state index in [-0.39, 0.29) is 37.6 Å².